The maximum absolute atomic E-state index is 12.4. The fourth-order valence-corrected chi connectivity index (χ4v) is 1.16. The summed E-state index contributed by atoms with van der Waals surface area (Å²) in [5.74, 6) is 0.299. The van der Waals surface area contributed by atoms with E-state index in [1.54, 1.807) is 0 Å². The van der Waals surface area contributed by atoms with Gasteiger partial charge in [0.25, 0.3) is 6.43 Å². The number of nitrogens with zero attached hydrogens (tertiary/aromatic N) is 1. The number of aryl methyl sites for hydroxylation is 1. The van der Waals surface area contributed by atoms with Crippen molar-refractivity contribution in [1.29, 1.82) is 0 Å². The molecule has 4 heteroatoms. The number of alkyl halides is 2. The van der Waals surface area contributed by atoms with Crippen LogP contribution < -0.4 is 5.73 Å². The largest absolute Gasteiger partial charge is 0.384 e. The summed E-state index contributed by atoms with van der Waals surface area (Å²) in [5, 5.41) is 0. The van der Waals surface area contributed by atoms with Crippen LogP contribution in [-0.4, -0.2) is 4.98 Å². The molecule has 1 aromatic heterocycles. The van der Waals surface area contributed by atoms with E-state index in [0.717, 1.165) is 6.42 Å². The van der Waals surface area contributed by atoms with Crippen LogP contribution in [0.1, 0.15) is 31.0 Å². The van der Waals surface area contributed by atoms with E-state index < -0.39 is 6.43 Å². The number of rotatable bonds is 3. The fraction of sp³-hybridized carbons (Fsp3) is 0.444. The van der Waals surface area contributed by atoms with Gasteiger partial charge in [0.15, 0.2) is 0 Å². The third-order valence-electron chi connectivity index (χ3n) is 1.75. The third-order valence-corrected chi connectivity index (χ3v) is 1.75. The Morgan fingerprint density at radius 1 is 1.46 bits per heavy atom. The first kappa shape index (κ1) is 9.89. The average Bonchev–Trinajstić information content (AvgIpc) is 2.04. The minimum atomic E-state index is -2.46. The minimum absolute atomic E-state index is 0.00366. The number of aromatic nitrogens is 1. The summed E-state index contributed by atoms with van der Waals surface area (Å²) in [7, 11) is 0. The third kappa shape index (κ3) is 2.37. The second-order valence-electron chi connectivity index (χ2n) is 2.82. The second kappa shape index (κ2) is 4.16. The SMILES string of the molecule is CCCc1nc(N)ccc1C(F)F. The maximum Gasteiger partial charge on any atom is 0.265 e. The highest BCUT2D eigenvalue weighted by Gasteiger charge is 2.13. The van der Waals surface area contributed by atoms with Gasteiger partial charge in [-0.3, -0.25) is 0 Å². The van der Waals surface area contributed by atoms with Crippen molar-refractivity contribution in [1.82, 2.24) is 4.98 Å². The molecule has 0 unspecified atom stereocenters. The van der Waals surface area contributed by atoms with Crippen molar-refractivity contribution >= 4 is 5.82 Å². The molecule has 0 amide bonds. The van der Waals surface area contributed by atoms with Gasteiger partial charge in [-0.2, -0.15) is 0 Å². The summed E-state index contributed by atoms with van der Waals surface area (Å²) in [6, 6.07) is 2.75. The van der Waals surface area contributed by atoms with Gasteiger partial charge in [-0.1, -0.05) is 13.3 Å². The fourth-order valence-electron chi connectivity index (χ4n) is 1.16. The Kier molecular flexibility index (Phi) is 3.17. The Labute approximate surface area is 75.8 Å². The van der Waals surface area contributed by atoms with Gasteiger partial charge < -0.3 is 5.73 Å². The van der Waals surface area contributed by atoms with Crippen LogP contribution in [0, 0.1) is 0 Å². The Hall–Kier alpha value is -1.19. The van der Waals surface area contributed by atoms with Gasteiger partial charge in [-0.15, -0.1) is 0 Å². The molecule has 0 radical (unpaired) electrons. The van der Waals surface area contributed by atoms with Crippen molar-refractivity contribution in [2.45, 2.75) is 26.2 Å². The maximum atomic E-state index is 12.4. The van der Waals surface area contributed by atoms with Crippen molar-refractivity contribution in [2.75, 3.05) is 5.73 Å². The van der Waals surface area contributed by atoms with Gasteiger partial charge in [-0.05, 0) is 18.6 Å². The number of nitrogen functional groups attached to an aromatic ring is 1. The summed E-state index contributed by atoms with van der Waals surface area (Å²) in [6.45, 7) is 1.92. The van der Waals surface area contributed by atoms with E-state index in [-0.39, 0.29) is 5.56 Å². The Morgan fingerprint density at radius 3 is 2.69 bits per heavy atom. The zero-order valence-electron chi connectivity index (χ0n) is 7.43. The van der Waals surface area contributed by atoms with Crippen molar-refractivity contribution in [2.24, 2.45) is 0 Å². The number of pyridine rings is 1. The summed E-state index contributed by atoms with van der Waals surface area (Å²) < 4.78 is 24.8. The Morgan fingerprint density at radius 2 is 2.15 bits per heavy atom. The van der Waals surface area contributed by atoms with Crippen LogP contribution in [0.15, 0.2) is 12.1 Å². The lowest BCUT2D eigenvalue weighted by atomic mass is 10.1. The lowest BCUT2D eigenvalue weighted by Crippen LogP contribution is -2.01. The Balaban J connectivity index is 3.03. The molecular weight excluding hydrogens is 174 g/mol. The molecule has 1 rings (SSSR count). The van der Waals surface area contributed by atoms with Crippen LogP contribution in [0.25, 0.3) is 0 Å². The summed E-state index contributed by atoms with van der Waals surface area (Å²) in [5.41, 5.74) is 5.81. The highest BCUT2D eigenvalue weighted by molar-refractivity contribution is 5.34. The predicted octanol–water partition coefficient (Wildman–Crippen LogP) is 2.55. The summed E-state index contributed by atoms with van der Waals surface area (Å²) >= 11 is 0. The zero-order valence-corrected chi connectivity index (χ0v) is 7.43. The molecule has 1 aromatic rings. The molecule has 0 atom stereocenters. The highest BCUT2D eigenvalue weighted by Crippen LogP contribution is 2.23. The van der Waals surface area contributed by atoms with Gasteiger partial charge in [0, 0.05) is 5.56 Å². The predicted molar refractivity (Wildman–Crippen MR) is 47.6 cm³/mol. The topological polar surface area (TPSA) is 38.9 Å². The number of anilines is 1. The lowest BCUT2D eigenvalue weighted by molar-refractivity contribution is 0.149. The van der Waals surface area contributed by atoms with Crippen molar-refractivity contribution in [3.8, 4) is 0 Å². The van der Waals surface area contributed by atoms with Gasteiger partial charge in [-0.25, -0.2) is 13.8 Å². The molecule has 0 spiro atoms. The Bertz CT molecular complexity index is 287. The molecule has 2 N–H and O–H groups in total. The lowest BCUT2D eigenvalue weighted by Gasteiger charge is -2.07. The van der Waals surface area contributed by atoms with Crippen LogP contribution in [0.2, 0.25) is 0 Å². The number of nitrogens with two attached hydrogens (primary N) is 1. The molecular formula is C9H12F2N2. The van der Waals surface area contributed by atoms with Crippen LogP contribution in [0.5, 0.6) is 0 Å². The molecule has 72 valence electrons. The molecule has 0 aliphatic heterocycles. The molecule has 0 fully saturated rings. The number of hydrogen-bond acceptors (Lipinski definition) is 2. The molecule has 0 aliphatic rings. The van der Waals surface area contributed by atoms with E-state index in [2.05, 4.69) is 4.98 Å². The number of halogens is 2. The molecule has 0 saturated heterocycles. The molecule has 2 nitrogen and oxygen atoms in total. The van der Waals surface area contributed by atoms with E-state index in [0.29, 0.717) is 17.9 Å². The molecule has 0 bridgehead atoms. The van der Waals surface area contributed by atoms with Crippen LogP contribution >= 0.6 is 0 Å². The van der Waals surface area contributed by atoms with Crippen LogP contribution in [-0.2, 0) is 6.42 Å². The van der Waals surface area contributed by atoms with E-state index in [9.17, 15) is 8.78 Å². The zero-order chi connectivity index (χ0) is 9.84. The average molecular weight is 186 g/mol. The van der Waals surface area contributed by atoms with Crippen molar-refractivity contribution < 1.29 is 8.78 Å². The quantitative estimate of drug-likeness (QED) is 0.787. The van der Waals surface area contributed by atoms with Crippen molar-refractivity contribution in [3.63, 3.8) is 0 Å². The minimum Gasteiger partial charge on any atom is -0.384 e. The smallest absolute Gasteiger partial charge is 0.265 e. The van der Waals surface area contributed by atoms with Crippen LogP contribution in [0.4, 0.5) is 14.6 Å². The molecule has 1 heterocycles. The first-order valence-electron chi connectivity index (χ1n) is 4.18. The first-order chi connectivity index (χ1) is 6.15. The van der Waals surface area contributed by atoms with E-state index in [1.807, 2.05) is 6.92 Å². The first-order valence-corrected chi connectivity index (χ1v) is 4.18. The van der Waals surface area contributed by atoms with Gasteiger partial charge in [0.2, 0.25) is 0 Å². The van der Waals surface area contributed by atoms with Gasteiger partial charge >= 0.3 is 0 Å². The second-order valence-corrected chi connectivity index (χ2v) is 2.82. The van der Waals surface area contributed by atoms with E-state index in [4.69, 9.17) is 5.73 Å². The van der Waals surface area contributed by atoms with E-state index >= 15 is 0 Å². The molecule has 13 heavy (non-hydrogen) atoms. The highest BCUT2D eigenvalue weighted by atomic mass is 19.3. The van der Waals surface area contributed by atoms with Crippen LogP contribution in [0.3, 0.4) is 0 Å². The molecule has 0 saturated carbocycles. The number of hydrogen-bond donors (Lipinski definition) is 1. The summed E-state index contributed by atoms with van der Waals surface area (Å²) in [6.07, 6.45) is -1.13. The summed E-state index contributed by atoms with van der Waals surface area (Å²) in [4.78, 5) is 3.88. The molecule has 0 aliphatic carbocycles. The normalized spacial score (nSPS) is 10.8. The van der Waals surface area contributed by atoms with Crippen molar-refractivity contribution in [3.05, 3.63) is 23.4 Å². The van der Waals surface area contributed by atoms with Gasteiger partial charge in [0.1, 0.15) is 5.82 Å². The van der Waals surface area contributed by atoms with E-state index in [1.165, 1.54) is 12.1 Å². The molecule has 0 aromatic carbocycles. The standard InChI is InChI=1S/C9H12F2N2/c1-2-3-7-6(9(10)11)4-5-8(12)13-7/h4-5,9H,2-3H2,1H3,(H2,12,13). The van der Waals surface area contributed by atoms with Gasteiger partial charge in [0.05, 0.1) is 5.69 Å². The monoisotopic (exact) mass is 186 g/mol.